The second-order valence-electron chi connectivity index (χ2n) is 8.77. The molecule has 1 aromatic carbocycles. The largest absolute Gasteiger partial charge is 0.508 e. The topological polar surface area (TPSA) is 109 Å². The number of pyridine rings is 1. The highest BCUT2D eigenvalue weighted by Crippen LogP contribution is 2.28. The number of thiophene rings is 1. The molecule has 2 aliphatic heterocycles. The third-order valence-electron chi connectivity index (χ3n) is 6.43. The first kappa shape index (κ1) is 23.2. The molecule has 3 atom stereocenters. The van der Waals surface area contributed by atoms with Gasteiger partial charge in [-0.1, -0.05) is 18.2 Å². The molecule has 2 aliphatic rings. The van der Waals surface area contributed by atoms with Crippen molar-refractivity contribution in [2.75, 3.05) is 13.2 Å². The molecule has 35 heavy (non-hydrogen) atoms. The van der Waals surface area contributed by atoms with E-state index in [2.05, 4.69) is 10.3 Å². The quantitative estimate of drug-likeness (QED) is 0.549. The maximum Gasteiger partial charge on any atom is 0.262 e. The zero-order valence-electron chi connectivity index (χ0n) is 18.9. The fourth-order valence-electron chi connectivity index (χ4n) is 4.68. The molecular formula is C26H25N3O5S. The average Bonchev–Trinajstić information content (AvgIpc) is 3.53. The van der Waals surface area contributed by atoms with E-state index in [-0.39, 0.29) is 42.5 Å². The van der Waals surface area contributed by atoms with Crippen molar-refractivity contribution in [2.45, 2.75) is 37.5 Å². The number of ketones is 1. The Bertz CT molecular complexity index is 1230. The SMILES string of the molecule is O=C(NC(Cc1ccc(O)cc1)C(=O)N1CCCC2OCC(=O)C21)c1cc(-c2cccnc2)cs1. The number of ether oxygens (including phenoxy) is 1. The Balaban J connectivity index is 1.38. The average molecular weight is 492 g/mol. The summed E-state index contributed by atoms with van der Waals surface area (Å²) in [5.41, 5.74) is 2.56. The van der Waals surface area contributed by atoms with E-state index in [1.165, 1.54) is 11.3 Å². The summed E-state index contributed by atoms with van der Waals surface area (Å²) in [5.74, 6) is -0.638. The zero-order valence-corrected chi connectivity index (χ0v) is 19.7. The lowest BCUT2D eigenvalue weighted by Crippen LogP contribution is -2.58. The Morgan fingerprint density at radius 3 is 2.83 bits per heavy atom. The van der Waals surface area contributed by atoms with Crippen LogP contribution in [-0.2, 0) is 20.7 Å². The Morgan fingerprint density at radius 1 is 1.23 bits per heavy atom. The summed E-state index contributed by atoms with van der Waals surface area (Å²) < 4.78 is 5.59. The maximum atomic E-state index is 13.7. The predicted octanol–water partition coefficient (Wildman–Crippen LogP) is 2.82. The van der Waals surface area contributed by atoms with E-state index in [1.54, 1.807) is 47.6 Å². The van der Waals surface area contributed by atoms with Crippen LogP contribution in [0.3, 0.4) is 0 Å². The summed E-state index contributed by atoms with van der Waals surface area (Å²) in [6.45, 7) is 0.460. The Labute approximate surface area is 206 Å². The van der Waals surface area contributed by atoms with E-state index >= 15 is 0 Å². The van der Waals surface area contributed by atoms with Crippen molar-refractivity contribution in [3.63, 3.8) is 0 Å². The Hall–Kier alpha value is -3.56. The highest BCUT2D eigenvalue weighted by molar-refractivity contribution is 7.12. The van der Waals surface area contributed by atoms with Gasteiger partial charge in [0.15, 0.2) is 5.78 Å². The minimum atomic E-state index is -0.872. The van der Waals surface area contributed by atoms with Crippen LogP contribution in [0.4, 0.5) is 0 Å². The first-order chi connectivity index (χ1) is 17.0. The molecule has 0 aliphatic carbocycles. The molecule has 2 N–H and O–H groups in total. The molecule has 2 saturated heterocycles. The molecule has 0 radical (unpaired) electrons. The molecule has 2 amide bonds. The fraction of sp³-hybridized carbons (Fsp3) is 0.308. The van der Waals surface area contributed by atoms with Gasteiger partial charge in [0.25, 0.3) is 5.91 Å². The van der Waals surface area contributed by atoms with Gasteiger partial charge in [-0.2, -0.15) is 0 Å². The van der Waals surface area contributed by atoms with E-state index in [0.717, 1.165) is 29.5 Å². The van der Waals surface area contributed by atoms with Crippen LogP contribution in [0.25, 0.3) is 11.1 Å². The van der Waals surface area contributed by atoms with Crippen molar-refractivity contribution in [3.8, 4) is 16.9 Å². The van der Waals surface area contributed by atoms with Crippen molar-refractivity contribution >= 4 is 28.9 Å². The van der Waals surface area contributed by atoms with Crippen LogP contribution < -0.4 is 5.32 Å². The molecule has 0 bridgehead atoms. The molecule has 3 unspecified atom stereocenters. The number of aromatic nitrogens is 1. The number of aromatic hydroxyl groups is 1. The van der Waals surface area contributed by atoms with E-state index < -0.39 is 12.1 Å². The van der Waals surface area contributed by atoms with Crippen LogP contribution in [0.5, 0.6) is 5.75 Å². The third kappa shape index (κ3) is 4.96. The van der Waals surface area contributed by atoms with E-state index in [4.69, 9.17) is 4.74 Å². The second kappa shape index (κ2) is 9.97. The molecule has 9 heteroatoms. The van der Waals surface area contributed by atoms with Crippen LogP contribution in [0.15, 0.2) is 60.2 Å². The van der Waals surface area contributed by atoms with Crippen LogP contribution >= 0.6 is 11.3 Å². The standard InChI is InChI=1S/C26H25N3O5S/c30-19-7-5-16(6-8-19)11-20(26(33)29-10-2-4-22-24(29)21(31)14-34-22)28-25(32)23-12-18(15-35-23)17-3-1-9-27-13-17/h1,3,5-9,12-13,15,20,22,24,30H,2,4,10-11,14H2,(H,28,32). The van der Waals surface area contributed by atoms with Gasteiger partial charge in [-0.25, -0.2) is 0 Å². The molecule has 8 nitrogen and oxygen atoms in total. The van der Waals surface area contributed by atoms with E-state index in [1.807, 2.05) is 17.5 Å². The number of nitrogens with one attached hydrogen (secondary N) is 1. The number of amides is 2. The number of hydrogen-bond acceptors (Lipinski definition) is 7. The lowest BCUT2D eigenvalue weighted by molar-refractivity contribution is -0.142. The van der Waals surface area contributed by atoms with Crippen molar-refractivity contribution in [2.24, 2.45) is 0 Å². The number of nitrogens with zero attached hydrogens (tertiary/aromatic N) is 2. The van der Waals surface area contributed by atoms with Crippen molar-refractivity contribution in [1.82, 2.24) is 15.2 Å². The first-order valence-corrected chi connectivity index (χ1v) is 12.4. The summed E-state index contributed by atoms with van der Waals surface area (Å²) in [7, 11) is 0. The maximum absolute atomic E-state index is 13.7. The monoisotopic (exact) mass is 491 g/mol. The lowest BCUT2D eigenvalue weighted by Gasteiger charge is -2.37. The highest BCUT2D eigenvalue weighted by atomic mass is 32.1. The van der Waals surface area contributed by atoms with Crippen molar-refractivity contribution in [1.29, 1.82) is 0 Å². The number of phenols is 1. The van der Waals surface area contributed by atoms with Crippen LogP contribution in [-0.4, -0.2) is 63.9 Å². The third-order valence-corrected chi connectivity index (χ3v) is 7.35. The number of carbonyl (C=O) groups is 3. The molecule has 3 aromatic rings. The number of benzene rings is 1. The van der Waals surface area contributed by atoms with Crippen molar-refractivity contribution < 1.29 is 24.2 Å². The van der Waals surface area contributed by atoms with E-state index in [0.29, 0.717) is 11.4 Å². The first-order valence-electron chi connectivity index (χ1n) is 11.5. The van der Waals surface area contributed by atoms with Gasteiger partial charge in [0.05, 0.1) is 11.0 Å². The molecule has 0 spiro atoms. The molecule has 0 saturated carbocycles. The van der Waals surface area contributed by atoms with Crippen LogP contribution in [0.1, 0.15) is 28.1 Å². The van der Waals surface area contributed by atoms with Gasteiger partial charge in [0, 0.05) is 30.9 Å². The summed E-state index contributed by atoms with van der Waals surface area (Å²) in [6, 6.07) is 10.6. The minimum Gasteiger partial charge on any atom is -0.508 e. The number of piperidine rings is 1. The van der Waals surface area contributed by atoms with Gasteiger partial charge in [0.1, 0.15) is 24.4 Å². The highest BCUT2D eigenvalue weighted by Gasteiger charge is 2.45. The smallest absolute Gasteiger partial charge is 0.262 e. The van der Waals surface area contributed by atoms with Crippen molar-refractivity contribution in [3.05, 3.63) is 70.7 Å². The molecule has 2 fully saturated rings. The summed E-state index contributed by atoms with van der Waals surface area (Å²) in [5, 5.41) is 14.4. The molecule has 2 aromatic heterocycles. The zero-order chi connectivity index (χ0) is 24.4. The number of Topliss-reactive ketones (excluding diaryl/α,β-unsaturated/α-hetero) is 1. The summed E-state index contributed by atoms with van der Waals surface area (Å²) in [4.78, 5) is 45.6. The Kier molecular flexibility index (Phi) is 6.61. The number of hydrogen-bond donors (Lipinski definition) is 2. The van der Waals surface area contributed by atoms with Gasteiger partial charge < -0.3 is 20.1 Å². The van der Waals surface area contributed by atoms with Crippen LogP contribution in [0.2, 0.25) is 0 Å². The van der Waals surface area contributed by atoms with Gasteiger partial charge in [-0.15, -0.1) is 11.3 Å². The van der Waals surface area contributed by atoms with Gasteiger partial charge in [0.2, 0.25) is 5.91 Å². The van der Waals surface area contributed by atoms with Crippen LogP contribution in [0, 0.1) is 0 Å². The molecule has 180 valence electrons. The number of fused-ring (bicyclic) bond motifs is 1. The van der Waals surface area contributed by atoms with Gasteiger partial charge >= 0.3 is 0 Å². The van der Waals surface area contributed by atoms with E-state index in [9.17, 15) is 19.5 Å². The number of carbonyl (C=O) groups excluding carboxylic acids is 3. The molecular weight excluding hydrogens is 466 g/mol. The summed E-state index contributed by atoms with van der Waals surface area (Å²) in [6.07, 6.45) is 4.84. The molecule has 4 heterocycles. The van der Waals surface area contributed by atoms with Gasteiger partial charge in [-0.3, -0.25) is 19.4 Å². The Morgan fingerprint density at radius 2 is 2.06 bits per heavy atom. The molecule has 5 rings (SSSR count). The minimum absolute atomic E-state index is 0.0143. The number of likely N-dealkylation sites (tertiary alicyclic amines) is 1. The lowest BCUT2D eigenvalue weighted by atomic mass is 9.95. The number of rotatable bonds is 6. The number of phenolic OH excluding ortho intramolecular Hbond substituents is 1. The van der Waals surface area contributed by atoms with Gasteiger partial charge in [-0.05, 0) is 53.6 Å². The summed E-state index contributed by atoms with van der Waals surface area (Å²) >= 11 is 1.29. The fourth-order valence-corrected chi connectivity index (χ4v) is 5.49. The second-order valence-corrected chi connectivity index (χ2v) is 9.68. The normalized spacial score (nSPS) is 20.3. The predicted molar refractivity (Wildman–Crippen MR) is 130 cm³/mol.